The van der Waals surface area contributed by atoms with Crippen LogP contribution in [0.1, 0.15) is 43.4 Å². The van der Waals surface area contributed by atoms with Gasteiger partial charge in [-0.1, -0.05) is 6.07 Å². The standard InChI is InChI=1S/C17H27NO2S/c18-16(5-1-3-15-4-2-12-21-15)14-6-9-20-17(13-14)7-10-19-11-8-17/h2,4,12,14,16H,1,3,5-11,13,18H2. The lowest BCUT2D eigenvalue weighted by molar-refractivity contribution is -0.149. The molecular formula is C17H27NO2S. The van der Waals surface area contributed by atoms with Gasteiger partial charge < -0.3 is 15.2 Å². The van der Waals surface area contributed by atoms with E-state index in [0.29, 0.717) is 12.0 Å². The number of hydrogen-bond donors (Lipinski definition) is 1. The van der Waals surface area contributed by atoms with E-state index in [2.05, 4.69) is 17.5 Å². The van der Waals surface area contributed by atoms with Crippen LogP contribution in [0.15, 0.2) is 17.5 Å². The van der Waals surface area contributed by atoms with Gasteiger partial charge in [0.15, 0.2) is 0 Å². The summed E-state index contributed by atoms with van der Waals surface area (Å²) in [5, 5.41) is 2.16. The third kappa shape index (κ3) is 4.07. The second-order valence-electron chi connectivity index (χ2n) is 6.53. The Morgan fingerprint density at radius 2 is 2.19 bits per heavy atom. The minimum Gasteiger partial charge on any atom is -0.381 e. The zero-order valence-electron chi connectivity index (χ0n) is 12.8. The fraction of sp³-hybridized carbons (Fsp3) is 0.765. The molecule has 4 heteroatoms. The van der Waals surface area contributed by atoms with Crippen molar-refractivity contribution < 1.29 is 9.47 Å². The van der Waals surface area contributed by atoms with Crippen LogP contribution in [0.5, 0.6) is 0 Å². The Bertz CT molecular complexity index is 409. The van der Waals surface area contributed by atoms with Crippen LogP contribution in [0.2, 0.25) is 0 Å². The Hall–Kier alpha value is -0.420. The van der Waals surface area contributed by atoms with Gasteiger partial charge in [0.2, 0.25) is 0 Å². The molecule has 0 saturated carbocycles. The predicted octanol–water partition coefficient (Wildman–Crippen LogP) is 3.37. The normalized spacial score (nSPS) is 26.8. The molecule has 2 N–H and O–H groups in total. The molecule has 0 aromatic carbocycles. The van der Waals surface area contributed by atoms with Crippen LogP contribution in [0.4, 0.5) is 0 Å². The minimum absolute atomic E-state index is 0.0759. The van der Waals surface area contributed by atoms with E-state index in [9.17, 15) is 0 Å². The summed E-state index contributed by atoms with van der Waals surface area (Å²) in [6.45, 7) is 2.57. The molecule has 3 heterocycles. The van der Waals surface area contributed by atoms with Crippen molar-refractivity contribution >= 4 is 11.3 Å². The maximum Gasteiger partial charge on any atom is 0.0729 e. The Labute approximate surface area is 131 Å². The summed E-state index contributed by atoms with van der Waals surface area (Å²) in [5.74, 6) is 0.625. The van der Waals surface area contributed by atoms with Crippen LogP contribution in [0.3, 0.4) is 0 Å². The third-order valence-corrected chi connectivity index (χ3v) is 6.02. The molecule has 1 aromatic rings. The summed E-state index contributed by atoms with van der Waals surface area (Å²) in [6, 6.07) is 4.68. The summed E-state index contributed by atoms with van der Waals surface area (Å²) < 4.78 is 11.6. The molecule has 1 spiro atoms. The van der Waals surface area contributed by atoms with Crippen molar-refractivity contribution in [3.8, 4) is 0 Å². The zero-order valence-corrected chi connectivity index (χ0v) is 13.6. The number of nitrogens with two attached hydrogens (primary N) is 1. The van der Waals surface area contributed by atoms with Crippen molar-refractivity contribution in [3.63, 3.8) is 0 Å². The van der Waals surface area contributed by atoms with E-state index in [1.807, 2.05) is 11.3 Å². The Morgan fingerprint density at radius 3 is 2.95 bits per heavy atom. The SMILES string of the molecule is NC(CCCc1cccs1)C1CCOC2(CCOCC2)C1. The fourth-order valence-electron chi connectivity index (χ4n) is 3.73. The zero-order chi connectivity index (χ0) is 14.5. The quantitative estimate of drug-likeness (QED) is 0.907. The van der Waals surface area contributed by atoms with E-state index < -0.39 is 0 Å². The number of ether oxygens (including phenoxy) is 2. The van der Waals surface area contributed by atoms with Gasteiger partial charge in [0.05, 0.1) is 5.60 Å². The van der Waals surface area contributed by atoms with E-state index in [1.54, 1.807) is 0 Å². The molecule has 2 saturated heterocycles. The highest BCUT2D eigenvalue weighted by Crippen LogP contribution is 2.38. The van der Waals surface area contributed by atoms with Gasteiger partial charge in [-0.3, -0.25) is 0 Å². The van der Waals surface area contributed by atoms with Gasteiger partial charge in [0.1, 0.15) is 0 Å². The van der Waals surface area contributed by atoms with Crippen LogP contribution >= 0.6 is 11.3 Å². The van der Waals surface area contributed by atoms with Gasteiger partial charge in [0, 0.05) is 30.7 Å². The largest absolute Gasteiger partial charge is 0.381 e. The van der Waals surface area contributed by atoms with Crippen molar-refractivity contribution in [2.45, 2.75) is 56.6 Å². The first-order valence-corrected chi connectivity index (χ1v) is 9.15. The molecule has 0 amide bonds. The first kappa shape index (κ1) is 15.5. The third-order valence-electron chi connectivity index (χ3n) is 5.08. The molecule has 2 unspecified atom stereocenters. The highest BCUT2D eigenvalue weighted by atomic mass is 32.1. The second-order valence-corrected chi connectivity index (χ2v) is 7.56. The van der Waals surface area contributed by atoms with Crippen LogP contribution in [-0.2, 0) is 15.9 Å². The number of aryl methyl sites for hydroxylation is 1. The van der Waals surface area contributed by atoms with Crippen LogP contribution in [0, 0.1) is 5.92 Å². The van der Waals surface area contributed by atoms with E-state index in [-0.39, 0.29) is 5.60 Å². The molecule has 0 aliphatic carbocycles. The summed E-state index contributed by atoms with van der Waals surface area (Å²) in [4.78, 5) is 1.48. The number of rotatable bonds is 5. The van der Waals surface area contributed by atoms with Crippen LogP contribution in [0.25, 0.3) is 0 Å². The van der Waals surface area contributed by atoms with Gasteiger partial charge in [0.25, 0.3) is 0 Å². The van der Waals surface area contributed by atoms with Crippen LogP contribution < -0.4 is 5.73 Å². The molecule has 2 fully saturated rings. The van der Waals surface area contributed by atoms with Crippen molar-refractivity contribution in [2.75, 3.05) is 19.8 Å². The number of thiophene rings is 1. The van der Waals surface area contributed by atoms with Crippen molar-refractivity contribution in [1.29, 1.82) is 0 Å². The summed E-state index contributed by atoms with van der Waals surface area (Å²) in [6.07, 6.45) is 7.87. The van der Waals surface area contributed by atoms with E-state index in [0.717, 1.165) is 51.9 Å². The van der Waals surface area contributed by atoms with E-state index >= 15 is 0 Å². The van der Waals surface area contributed by atoms with Crippen molar-refractivity contribution in [1.82, 2.24) is 0 Å². The molecule has 2 aliphatic rings. The van der Waals surface area contributed by atoms with Gasteiger partial charge >= 0.3 is 0 Å². The second kappa shape index (κ2) is 7.23. The van der Waals surface area contributed by atoms with Gasteiger partial charge in [-0.25, -0.2) is 0 Å². The molecule has 1 aromatic heterocycles. The summed E-state index contributed by atoms with van der Waals surface area (Å²) in [7, 11) is 0. The predicted molar refractivity (Wildman–Crippen MR) is 86.7 cm³/mol. The first-order valence-electron chi connectivity index (χ1n) is 8.27. The molecule has 2 aliphatic heterocycles. The monoisotopic (exact) mass is 309 g/mol. The summed E-state index contributed by atoms with van der Waals surface area (Å²) in [5.41, 5.74) is 6.57. The smallest absolute Gasteiger partial charge is 0.0729 e. The van der Waals surface area contributed by atoms with Crippen molar-refractivity contribution in [3.05, 3.63) is 22.4 Å². The molecule has 118 valence electrons. The molecule has 0 radical (unpaired) electrons. The average molecular weight is 309 g/mol. The van der Waals surface area contributed by atoms with E-state index in [4.69, 9.17) is 15.2 Å². The lowest BCUT2D eigenvalue weighted by Gasteiger charge is -2.44. The topological polar surface area (TPSA) is 44.5 Å². The summed E-state index contributed by atoms with van der Waals surface area (Å²) >= 11 is 1.85. The maximum absolute atomic E-state index is 6.49. The highest BCUT2D eigenvalue weighted by molar-refractivity contribution is 7.09. The van der Waals surface area contributed by atoms with Gasteiger partial charge in [-0.2, -0.15) is 0 Å². The molecule has 3 rings (SSSR count). The molecular weight excluding hydrogens is 282 g/mol. The first-order chi connectivity index (χ1) is 10.3. The Kier molecular flexibility index (Phi) is 5.33. The average Bonchev–Trinajstić information content (AvgIpc) is 3.01. The highest BCUT2D eigenvalue weighted by Gasteiger charge is 2.40. The molecule has 2 atom stereocenters. The van der Waals surface area contributed by atoms with Crippen molar-refractivity contribution in [2.24, 2.45) is 11.7 Å². The fourth-order valence-corrected chi connectivity index (χ4v) is 4.48. The maximum atomic E-state index is 6.49. The van der Waals surface area contributed by atoms with Gasteiger partial charge in [-0.05, 0) is 62.3 Å². The molecule has 21 heavy (non-hydrogen) atoms. The van der Waals surface area contributed by atoms with Gasteiger partial charge in [-0.15, -0.1) is 11.3 Å². The lowest BCUT2D eigenvalue weighted by Crippen LogP contribution is -2.48. The Morgan fingerprint density at radius 1 is 1.33 bits per heavy atom. The number of hydrogen-bond acceptors (Lipinski definition) is 4. The van der Waals surface area contributed by atoms with E-state index in [1.165, 1.54) is 17.7 Å². The molecule has 3 nitrogen and oxygen atoms in total. The molecule has 0 bridgehead atoms. The minimum atomic E-state index is 0.0759. The Balaban J connectivity index is 1.46. The van der Waals surface area contributed by atoms with Crippen LogP contribution in [-0.4, -0.2) is 31.5 Å². The lowest BCUT2D eigenvalue weighted by atomic mass is 9.77.